The van der Waals surface area contributed by atoms with Crippen LogP contribution in [0.5, 0.6) is 5.75 Å². The van der Waals surface area contributed by atoms with Crippen LogP contribution in [0.4, 0.5) is 21.3 Å². The molecule has 0 aliphatic rings. The number of urea groups is 1. The number of nitrogens with zero attached hydrogens (tertiary/aromatic N) is 4. The highest BCUT2D eigenvalue weighted by molar-refractivity contribution is 7.22. The summed E-state index contributed by atoms with van der Waals surface area (Å²) in [6, 6.07) is 21.4. The van der Waals surface area contributed by atoms with Gasteiger partial charge in [-0.1, -0.05) is 18.2 Å². The summed E-state index contributed by atoms with van der Waals surface area (Å²) in [5.41, 5.74) is 3.05. The van der Waals surface area contributed by atoms with E-state index in [0.717, 1.165) is 49.9 Å². The number of thiazole rings is 1. The molecule has 2 aromatic carbocycles. The van der Waals surface area contributed by atoms with E-state index in [9.17, 15) is 10.1 Å². The minimum atomic E-state index is -0.339. The standard InChI is InChI=1S/C31H31N7O2S2/c1-38(2)15-6-16-40-24-11-9-21(10-12-24)27-17-26-28(22(18-32)19-34-29(26)42-27)33-14-13-25-20-35-31(41-25)37-30(39)36-23-7-4-3-5-8-23/h3-5,7-12,17,19-20H,6,13-16H2,1-2H3,(H,33,34)(H2,35,36,37,39). The number of hydrogen-bond acceptors (Lipinski definition) is 9. The van der Waals surface area contributed by atoms with Crippen molar-refractivity contribution in [3.8, 4) is 22.3 Å². The highest BCUT2D eigenvalue weighted by Gasteiger charge is 2.14. The lowest BCUT2D eigenvalue weighted by Gasteiger charge is -2.10. The van der Waals surface area contributed by atoms with Crippen molar-refractivity contribution in [2.24, 2.45) is 0 Å². The Morgan fingerprint density at radius 1 is 1.02 bits per heavy atom. The number of nitrogens with one attached hydrogen (secondary N) is 3. The monoisotopic (exact) mass is 597 g/mol. The molecule has 0 aliphatic heterocycles. The van der Waals surface area contributed by atoms with E-state index in [4.69, 9.17) is 4.74 Å². The number of rotatable bonds is 12. The molecule has 2 amide bonds. The van der Waals surface area contributed by atoms with Gasteiger partial charge in [-0.05, 0) is 68.5 Å². The molecule has 3 N–H and O–H groups in total. The molecule has 5 rings (SSSR count). The first-order valence-corrected chi connectivity index (χ1v) is 15.1. The summed E-state index contributed by atoms with van der Waals surface area (Å²) in [5, 5.41) is 20.2. The lowest BCUT2D eigenvalue weighted by Crippen LogP contribution is -2.19. The summed E-state index contributed by atoms with van der Waals surface area (Å²) in [4.78, 5) is 26.2. The lowest BCUT2D eigenvalue weighted by molar-refractivity contribution is 0.262. The van der Waals surface area contributed by atoms with Gasteiger partial charge in [-0.3, -0.25) is 5.32 Å². The van der Waals surface area contributed by atoms with Gasteiger partial charge in [0.15, 0.2) is 5.13 Å². The predicted molar refractivity (Wildman–Crippen MR) is 172 cm³/mol. The van der Waals surface area contributed by atoms with Crippen LogP contribution in [0.25, 0.3) is 20.7 Å². The maximum atomic E-state index is 12.3. The molecule has 9 nitrogen and oxygen atoms in total. The number of carbonyl (C=O) groups is 1. The fourth-order valence-electron chi connectivity index (χ4n) is 4.27. The van der Waals surface area contributed by atoms with Gasteiger partial charge in [-0.2, -0.15) is 5.26 Å². The fourth-order valence-corrected chi connectivity index (χ4v) is 6.09. The van der Waals surface area contributed by atoms with Gasteiger partial charge in [0.05, 0.1) is 17.9 Å². The van der Waals surface area contributed by atoms with Crippen LogP contribution in [0, 0.1) is 11.3 Å². The third-order valence-electron chi connectivity index (χ3n) is 6.32. The average Bonchev–Trinajstić information content (AvgIpc) is 3.63. The Bertz CT molecular complexity index is 1680. The molecule has 0 spiro atoms. The van der Waals surface area contributed by atoms with Gasteiger partial charge < -0.3 is 20.3 Å². The Hall–Kier alpha value is -4.50. The number of benzene rings is 2. The van der Waals surface area contributed by atoms with Gasteiger partial charge in [-0.15, -0.1) is 22.7 Å². The van der Waals surface area contributed by atoms with E-state index >= 15 is 0 Å². The lowest BCUT2D eigenvalue weighted by atomic mass is 10.1. The number of hydrogen-bond donors (Lipinski definition) is 3. The van der Waals surface area contributed by atoms with E-state index in [1.165, 1.54) is 11.3 Å². The van der Waals surface area contributed by atoms with E-state index < -0.39 is 0 Å². The van der Waals surface area contributed by atoms with Crippen LogP contribution < -0.4 is 20.7 Å². The molecule has 3 heterocycles. The molecule has 0 radical (unpaired) electrons. The smallest absolute Gasteiger partial charge is 0.325 e. The first kappa shape index (κ1) is 29.0. The van der Waals surface area contributed by atoms with E-state index in [-0.39, 0.29) is 6.03 Å². The van der Waals surface area contributed by atoms with Crippen molar-refractivity contribution in [3.05, 3.63) is 83.5 Å². The van der Waals surface area contributed by atoms with Crippen molar-refractivity contribution in [3.63, 3.8) is 0 Å². The van der Waals surface area contributed by atoms with Gasteiger partial charge in [0.25, 0.3) is 0 Å². The summed E-state index contributed by atoms with van der Waals surface area (Å²) >= 11 is 3.01. The second-order valence-corrected chi connectivity index (χ2v) is 11.9. The van der Waals surface area contributed by atoms with Crippen LogP contribution >= 0.6 is 22.7 Å². The largest absolute Gasteiger partial charge is 0.494 e. The number of pyridine rings is 1. The number of anilines is 3. The number of fused-ring (bicyclic) bond motifs is 1. The van der Waals surface area contributed by atoms with Crippen LogP contribution in [0.15, 0.2) is 73.1 Å². The van der Waals surface area contributed by atoms with Crippen molar-refractivity contribution in [2.45, 2.75) is 12.8 Å². The molecule has 0 saturated heterocycles. The van der Waals surface area contributed by atoms with Gasteiger partial charge in [0, 0.05) is 52.7 Å². The molecule has 3 aromatic heterocycles. The number of para-hydroxylation sites is 1. The van der Waals surface area contributed by atoms with Crippen molar-refractivity contribution < 1.29 is 9.53 Å². The first-order chi connectivity index (χ1) is 20.5. The van der Waals surface area contributed by atoms with Crippen LogP contribution in [0.3, 0.4) is 0 Å². The Morgan fingerprint density at radius 3 is 2.60 bits per heavy atom. The van der Waals surface area contributed by atoms with Gasteiger partial charge in [0.1, 0.15) is 16.6 Å². The summed E-state index contributed by atoms with van der Waals surface area (Å²) in [6.07, 6.45) is 5.04. The molecule has 0 fully saturated rings. The normalized spacial score (nSPS) is 10.9. The summed E-state index contributed by atoms with van der Waals surface area (Å²) < 4.78 is 5.87. The van der Waals surface area contributed by atoms with E-state index in [1.54, 1.807) is 23.7 Å². The molecule has 214 valence electrons. The van der Waals surface area contributed by atoms with Crippen molar-refractivity contribution >= 4 is 55.4 Å². The minimum Gasteiger partial charge on any atom is -0.494 e. The SMILES string of the molecule is CN(C)CCCOc1ccc(-c2cc3c(NCCc4cnc(NC(=O)Nc5ccccc5)s4)c(C#N)cnc3s2)cc1. The van der Waals surface area contributed by atoms with Crippen LogP contribution in [0.1, 0.15) is 16.9 Å². The molecule has 42 heavy (non-hydrogen) atoms. The second-order valence-electron chi connectivity index (χ2n) is 9.77. The molecule has 0 aliphatic carbocycles. The number of aromatic nitrogens is 2. The molecule has 11 heteroatoms. The van der Waals surface area contributed by atoms with E-state index in [1.807, 2.05) is 42.5 Å². The van der Waals surface area contributed by atoms with Crippen LogP contribution in [-0.4, -0.2) is 54.7 Å². The van der Waals surface area contributed by atoms with Crippen molar-refractivity contribution in [1.82, 2.24) is 14.9 Å². The third kappa shape index (κ3) is 7.61. The van der Waals surface area contributed by atoms with E-state index in [0.29, 0.717) is 36.0 Å². The molecular weight excluding hydrogens is 567 g/mol. The number of amides is 2. The third-order valence-corrected chi connectivity index (χ3v) is 8.38. The number of thiophene rings is 1. The topological polar surface area (TPSA) is 115 Å². The van der Waals surface area contributed by atoms with Crippen molar-refractivity contribution in [2.75, 3.05) is 49.7 Å². The summed E-state index contributed by atoms with van der Waals surface area (Å²) in [6.45, 7) is 2.26. The summed E-state index contributed by atoms with van der Waals surface area (Å²) in [5.74, 6) is 0.851. The van der Waals surface area contributed by atoms with Crippen LogP contribution in [0.2, 0.25) is 0 Å². The highest BCUT2D eigenvalue weighted by Crippen LogP contribution is 2.37. The zero-order valence-corrected chi connectivity index (χ0v) is 25.0. The highest BCUT2D eigenvalue weighted by atomic mass is 32.1. The predicted octanol–water partition coefficient (Wildman–Crippen LogP) is 6.92. The number of nitriles is 1. The van der Waals surface area contributed by atoms with Crippen molar-refractivity contribution in [1.29, 1.82) is 5.26 Å². The molecule has 0 atom stereocenters. The zero-order valence-electron chi connectivity index (χ0n) is 23.4. The number of carbonyl (C=O) groups excluding carboxylic acids is 1. The van der Waals surface area contributed by atoms with Gasteiger partial charge in [-0.25, -0.2) is 14.8 Å². The van der Waals surface area contributed by atoms with Gasteiger partial charge >= 0.3 is 6.03 Å². The number of ether oxygens (including phenoxy) is 1. The molecule has 0 unspecified atom stereocenters. The first-order valence-electron chi connectivity index (χ1n) is 13.5. The summed E-state index contributed by atoms with van der Waals surface area (Å²) in [7, 11) is 4.11. The Kier molecular flexibility index (Phi) is 9.61. The Labute approximate surface area is 252 Å². The maximum absolute atomic E-state index is 12.3. The quantitative estimate of drug-likeness (QED) is 0.134. The minimum absolute atomic E-state index is 0.339. The van der Waals surface area contributed by atoms with Crippen LogP contribution in [-0.2, 0) is 6.42 Å². The maximum Gasteiger partial charge on any atom is 0.325 e. The molecular formula is C31H31N7O2S2. The molecule has 0 saturated carbocycles. The molecule has 0 bridgehead atoms. The van der Waals surface area contributed by atoms with Gasteiger partial charge in [0.2, 0.25) is 0 Å². The second kappa shape index (κ2) is 13.9. The van der Waals surface area contributed by atoms with E-state index in [2.05, 4.69) is 69.2 Å². The Morgan fingerprint density at radius 2 is 1.83 bits per heavy atom. The zero-order chi connectivity index (χ0) is 29.3. The fraction of sp³-hybridized carbons (Fsp3) is 0.226. The molecule has 5 aromatic rings. The average molecular weight is 598 g/mol. The Balaban J connectivity index is 1.20.